The van der Waals surface area contributed by atoms with Crippen LogP contribution < -0.4 is 21.3 Å². The molecule has 1 amide bonds. The molecule has 0 fully saturated rings. The van der Waals surface area contributed by atoms with Gasteiger partial charge in [0.1, 0.15) is 21.4 Å². The van der Waals surface area contributed by atoms with Crippen LogP contribution in [-0.4, -0.2) is 49.0 Å². The summed E-state index contributed by atoms with van der Waals surface area (Å²) in [5.74, 6) is -1.42. The Bertz CT molecular complexity index is 1680. The number of methoxy groups -OCH3 is 1. The second kappa shape index (κ2) is 10.6. The largest absolute Gasteiger partial charge is 0.496 e. The van der Waals surface area contributed by atoms with E-state index >= 15 is 0 Å². The molecule has 0 aliphatic rings. The molecule has 11 nitrogen and oxygen atoms in total. The minimum Gasteiger partial charge on any atom is -0.496 e. The molecular formula is C26H29FN6O5S. The highest BCUT2D eigenvalue weighted by Gasteiger charge is 2.32. The molecule has 0 saturated carbocycles. The maximum absolute atomic E-state index is 14.0. The molecule has 0 atom stereocenters. The first kappa shape index (κ1) is 27.9. The molecule has 0 unspecified atom stereocenters. The Kier molecular flexibility index (Phi) is 7.55. The number of ether oxygens (including phenoxy) is 1. The van der Waals surface area contributed by atoms with Crippen molar-refractivity contribution >= 4 is 33.2 Å². The first-order chi connectivity index (χ1) is 18.4. The summed E-state index contributed by atoms with van der Waals surface area (Å²) >= 11 is 1.08. The molecule has 3 heterocycles. The summed E-state index contributed by atoms with van der Waals surface area (Å²) in [6.07, 6.45) is 2.95. The van der Waals surface area contributed by atoms with E-state index < -0.39 is 34.8 Å². The summed E-state index contributed by atoms with van der Waals surface area (Å²) in [6, 6.07) is 3.39. The van der Waals surface area contributed by atoms with Crippen molar-refractivity contribution in [2.75, 3.05) is 7.11 Å². The van der Waals surface area contributed by atoms with E-state index in [-0.39, 0.29) is 40.0 Å². The first-order valence-corrected chi connectivity index (χ1v) is 13.0. The second-order valence-electron chi connectivity index (χ2n) is 10.1. The molecule has 1 aromatic carbocycles. The van der Waals surface area contributed by atoms with Crippen molar-refractivity contribution in [1.82, 2.24) is 29.4 Å². The Hall–Kier alpha value is -4.13. The number of halogens is 1. The number of carbonyl (C=O) groups is 2. The molecule has 13 heteroatoms. The highest BCUT2D eigenvalue weighted by Crippen LogP contribution is 2.31. The SMILES string of the molecule is COc1ccc(F)cc1C(=O)Cn1c(=O)n(CC(C)(C)C(=O)NC(C)C)c(=O)c2c(C)c(-n3nccn3)sc21. The van der Waals surface area contributed by atoms with Gasteiger partial charge in [0.15, 0.2) is 5.78 Å². The van der Waals surface area contributed by atoms with Gasteiger partial charge in [0.2, 0.25) is 5.91 Å². The number of fused-ring (bicyclic) bond motifs is 1. The van der Waals surface area contributed by atoms with Crippen molar-refractivity contribution in [3.8, 4) is 10.8 Å². The van der Waals surface area contributed by atoms with Gasteiger partial charge >= 0.3 is 5.69 Å². The third-order valence-corrected chi connectivity index (χ3v) is 7.50. The van der Waals surface area contributed by atoms with Crippen LogP contribution in [0.1, 0.15) is 43.6 Å². The molecule has 0 saturated heterocycles. The average molecular weight is 557 g/mol. The normalized spacial score (nSPS) is 11.8. The van der Waals surface area contributed by atoms with E-state index in [4.69, 9.17) is 4.74 Å². The fourth-order valence-electron chi connectivity index (χ4n) is 4.22. The lowest BCUT2D eigenvalue weighted by molar-refractivity contribution is -0.130. The Morgan fingerprint density at radius 1 is 1.15 bits per heavy atom. The first-order valence-electron chi connectivity index (χ1n) is 12.2. The summed E-state index contributed by atoms with van der Waals surface area (Å²) < 4.78 is 21.4. The lowest BCUT2D eigenvalue weighted by Gasteiger charge is -2.26. The summed E-state index contributed by atoms with van der Waals surface area (Å²) in [7, 11) is 1.35. The van der Waals surface area contributed by atoms with Gasteiger partial charge in [0, 0.05) is 18.2 Å². The maximum atomic E-state index is 14.0. The molecule has 206 valence electrons. The number of thiophene rings is 1. The van der Waals surface area contributed by atoms with Gasteiger partial charge in [-0.05, 0) is 52.8 Å². The third kappa shape index (κ3) is 5.26. The van der Waals surface area contributed by atoms with E-state index in [0.717, 1.165) is 28.0 Å². The van der Waals surface area contributed by atoms with Gasteiger partial charge in [0.05, 0.1) is 42.4 Å². The molecule has 0 aliphatic heterocycles. The fraction of sp³-hybridized carbons (Fsp3) is 0.385. The zero-order valence-corrected chi connectivity index (χ0v) is 23.3. The topological polar surface area (TPSA) is 130 Å². The number of hydrogen-bond donors (Lipinski definition) is 1. The monoisotopic (exact) mass is 556 g/mol. The second-order valence-corrected chi connectivity index (χ2v) is 11.0. The summed E-state index contributed by atoms with van der Waals surface area (Å²) in [5.41, 5.74) is -2.04. The number of aromatic nitrogens is 5. The Morgan fingerprint density at radius 3 is 2.44 bits per heavy atom. The maximum Gasteiger partial charge on any atom is 0.332 e. The third-order valence-electron chi connectivity index (χ3n) is 6.22. The quantitative estimate of drug-likeness (QED) is 0.314. The van der Waals surface area contributed by atoms with Crippen LogP contribution in [0, 0.1) is 18.2 Å². The number of benzene rings is 1. The van der Waals surface area contributed by atoms with Gasteiger partial charge in [-0.1, -0.05) is 11.3 Å². The zero-order valence-electron chi connectivity index (χ0n) is 22.4. The van der Waals surface area contributed by atoms with Crippen LogP contribution >= 0.6 is 11.3 Å². The number of ketones is 1. The predicted molar refractivity (Wildman–Crippen MR) is 144 cm³/mol. The number of nitrogens with zero attached hydrogens (tertiary/aromatic N) is 5. The van der Waals surface area contributed by atoms with E-state index in [0.29, 0.717) is 10.6 Å². The highest BCUT2D eigenvalue weighted by atomic mass is 32.1. The number of hydrogen-bond acceptors (Lipinski definition) is 8. The van der Waals surface area contributed by atoms with Crippen LogP contribution in [-0.2, 0) is 17.9 Å². The minimum atomic E-state index is -1.13. The van der Waals surface area contributed by atoms with Crippen LogP contribution in [0.5, 0.6) is 5.75 Å². The Labute approximate surface area is 226 Å². The Morgan fingerprint density at radius 2 is 1.82 bits per heavy atom. The van der Waals surface area contributed by atoms with E-state index in [1.54, 1.807) is 20.8 Å². The van der Waals surface area contributed by atoms with Crippen LogP contribution in [0.15, 0.2) is 40.2 Å². The number of carbonyl (C=O) groups excluding carboxylic acids is 2. The van der Waals surface area contributed by atoms with Crippen LogP contribution in [0.2, 0.25) is 0 Å². The van der Waals surface area contributed by atoms with Crippen molar-refractivity contribution in [3.63, 3.8) is 0 Å². The van der Waals surface area contributed by atoms with Gasteiger partial charge in [-0.15, -0.1) is 4.80 Å². The molecule has 4 aromatic rings. The summed E-state index contributed by atoms with van der Waals surface area (Å²) in [6.45, 7) is 7.85. The zero-order chi connectivity index (χ0) is 28.6. The van der Waals surface area contributed by atoms with Crippen molar-refractivity contribution in [3.05, 3.63) is 68.4 Å². The number of rotatable bonds is 9. The molecular weight excluding hydrogens is 527 g/mol. The molecule has 0 aliphatic carbocycles. The number of nitrogens with one attached hydrogen (secondary N) is 1. The van der Waals surface area contributed by atoms with Gasteiger partial charge in [0.25, 0.3) is 5.56 Å². The molecule has 0 spiro atoms. The molecule has 3 aromatic heterocycles. The van der Waals surface area contributed by atoms with Gasteiger partial charge < -0.3 is 10.1 Å². The number of aryl methyl sites for hydroxylation is 1. The van der Waals surface area contributed by atoms with Crippen LogP contribution in [0.3, 0.4) is 0 Å². The smallest absolute Gasteiger partial charge is 0.332 e. The molecule has 39 heavy (non-hydrogen) atoms. The van der Waals surface area contributed by atoms with Gasteiger partial charge in [-0.3, -0.25) is 23.5 Å². The molecule has 1 N–H and O–H groups in total. The van der Waals surface area contributed by atoms with Crippen LogP contribution in [0.4, 0.5) is 4.39 Å². The number of Topliss-reactive ketones (excluding diaryl/α,β-unsaturated/α-hetero) is 1. The highest BCUT2D eigenvalue weighted by molar-refractivity contribution is 7.21. The minimum absolute atomic E-state index is 0.0471. The summed E-state index contributed by atoms with van der Waals surface area (Å²) in [4.78, 5) is 55.4. The van der Waals surface area contributed by atoms with Crippen molar-refractivity contribution in [1.29, 1.82) is 0 Å². The lowest BCUT2D eigenvalue weighted by atomic mass is 9.91. The van der Waals surface area contributed by atoms with Gasteiger partial charge in [-0.25, -0.2) is 9.18 Å². The molecule has 0 radical (unpaired) electrons. The average Bonchev–Trinajstić information content (AvgIpc) is 3.52. The van der Waals surface area contributed by atoms with Gasteiger partial charge in [-0.2, -0.15) is 10.2 Å². The van der Waals surface area contributed by atoms with E-state index in [9.17, 15) is 23.6 Å². The Balaban J connectivity index is 1.94. The van der Waals surface area contributed by atoms with E-state index in [1.807, 2.05) is 13.8 Å². The lowest BCUT2D eigenvalue weighted by Crippen LogP contribution is -2.48. The fourth-order valence-corrected chi connectivity index (χ4v) is 5.43. The predicted octanol–water partition coefficient (Wildman–Crippen LogP) is 2.70. The van der Waals surface area contributed by atoms with E-state index in [1.165, 1.54) is 34.9 Å². The molecule has 0 bridgehead atoms. The summed E-state index contributed by atoms with van der Waals surface area (Å²) in [5, 5.41) is 11.8. The van der Waals surface area contributed by atoms with Crippen molar-refractivity contribution in [2.45, 2.75) is 53.8 Å². The van der Waals surface area contributed by atoms with Crippen molar-refractivity contribution in [2.24, 2.45) is 5.41 Å². The standard InChI is InChI=1S/C26H29FN6O5S/c1-14(2)30-24(36)26(4,5)13-32-21(35)20-15(3)22(33-28-9-10-29-33)39-23(20)31(25(32)37)12-18(34)17-11-16(27)7-8-19(17)38-6/h7-11,14H,12-13H2,1-6H3,(H,30,36). The molecule has 4 rings (SSSR count). The van der Waals surface area contributed by atoms with Crippen LogP contribution in [0.25, 0.3) is 15.2 Å². The van der Waals surface area contributed by atoms with E-state index in [2.05, 4.69) is 15.5 Å². The number of amides is 1. The van der Waals surface area contributed by atoms with Crippen molar-refractivity contribution < 1.29 is 18.7 Å².